The zero-order valence-electron chi connectivity index (χ0n) is 11.9. The number of hydrogen-bond donors (Lipinski definition) is 0. The van der Waals surface area contributed by atoms with Crippen molar-refractivity contribution in [1.29, 1.82) is 0 Å². The Morgan fingerprint density at radius 3 is 1.30 bits per heavy atom. The molecule has 6 heteroatoms. The van der Waals surface area contributed by atoms with Crippen LogP contribution in [-0.4, -0.2) is 23.7 Å². The molecule has 0 saturated heterocycles. The van der Waals surface area contributed by atoms with Crippen LogP contribution in [0.4, 0.5) is 0 Å². The number of rotatable bonds is 12. The molecular weight excluding hydrogens is 303 g/mol. The third kappa shape index (κ3) is 13.9. The van der Waals surface area contributed by atoms with Crippen LogP contribution in [0.2, 0.25) is 0 Å². The minimum atomic E-state index is -0.494. The average Bonchev–Trinajstić information content (AvgIpc) is 2.44. The number of hydrogen-bond acceptors (Lipinski definition) is 4. The van der Waals surface area contributed by atoms with E-state index in [1.807, 2.05) is 0 Å². The van der Waals surface area contributed by atoms with E-state index in [0.29, 0.717) is 11.8 Å². The van der Waals surface area contributed by atoms with Crippen LogP contribution in [0.1, 0.15) is 64.2 Å². The fourth-order valence-electron chi connectivity index (χ4n) is 1.61. The van der Waals surface area contributed by atoms with Crippen LogP contribution in [0.5, 0.6) is 0 Å². The topological polar surface area (TPSA) is 52.6 Å². The summed E-state index contributed by atoms with van der Waals surface area (Å²) in [4.78, 5) is 31.4. The summed E-state index contributed by atoms with van der Waals surface area (Å²) in [7, 11) is 0. The number of unbranched alkanes of at least 4 members (excludes halogenated alkanes) is 6. The molecule has 0 aliphatic carbocycles. The van der Waals surface area contributed by atoms with Crippen LogP contribution < -0.4 is 0 Å². The molecule has 0 rings (SSSR count). The van der Waals surface area contributed by atoms with Crippen molar-refractivity contribution >= 4 is 35.1 Å². The average molecular weight is 327 g/mol. The fraction of sp³-hybridized carbons (Fsp3) is 0.857. The van der Waals surface area contributed by atoms with Crippen LogP contribution >= 0.6 is 23.2 Å². The normalized spacial score (nSPS) is 10.3. The molecule has 0 amide bonds. The lowest BCUT2D eigenvalue weighted by atomic mass is 10.1. The van der Waals surface area contributed by atoms with E-state index in [1.54, 1.807) is 0 Å². The molecule has 0 spiro atoms. The first-order valence-corrected chi connectivity index (χ1v) is 8.29. The second-order valence-corrected chi connectivity index (χ2v) is 5.37. The molecule has 0 unspecified atom stereocenters. The minimum Gasteiger partial charge on any atom is -0.247 e. The van der Waals surface area contributed by atoms with Crippen LogP contribution in [0.3, 0.4) is 0 Å². The lowest BCUT2D eigenvalue weighted by Gasteiger charge is -2.03. The zero-order valence-corrected chi connectivity index (χ0v) is 13.4. The van der Waals surface area contributed by atoms with Crippen molar-refractivity contribution in [2.24, 2.45) is 0 Å². The van der Waals surface area contributed by atoms with Crippen LogP contribution in [0, 0.1) is 0 Å². The number of halogens is 2. The van der Waals surface area contributed by atoms with Gasteiger partial charge in [-0.3, -0.25) is 0 Å². The van der Waals surface area contributed by atoms with Gasteiger partial charge in [-0.25, -0.2) is 19.4 Å². The molecule has 20 heavy (non-hydrogen) atoms. The summed E-state index contributed by atoms with van der Waals surface area (Å²) in [6.07, 6.45) is 7.75. The van der Waals surface area contributed by atoms with Gasteiger partial charge < -0.3 is 0 Å². The Bertz CT molecular complexity index is 234. The Balaban J connectivity index is 3.37. The van der Waals surface area contributed by atoms with Crippen LogP contribution in [0.25, 0.3) is 0 Å². The third-order valence-electron chi connectivity index (χ3n) is 2.76. The molecule has 0 aromatic carbocycles. The number of alkyl halides is 2. The number of carbonyl (C=O) groups excluding carboxylic acids is 2. The van der Waals surface area contributed by atoms with Crippen molar-refractivity contribution in [3.05, 3.63) is 0 Å². The van der Waals surface area contributed by atoms with Crippen molar-refractivity contribution in [3.8, 4) is 0 Å². The summed E-state index contributed by atoms with van der Waals surface area (Å²) in [5, 5.41) is 0. The third-order valence-corrected chi connectivity index (χ3v) is 3.29. The molecule has 0 aliphatic rings. The molecule has 0 fully saturated rings. The Labute approximate surface area is 131 Å². The fourth-order valence-corrected chi connectivity index (χ4v) is 1.99. The van der Waals surface area contributed by atoms with Crippen molar-refractivity contribution < 1.29 is 19.4 Å². The molecule has 4 nitrogen and oxygen atoms in total. The SMILES string of the molecule is O=C(CCCCCCCl)OOC(=O)CCCCCCCl. The summed E-state index contributed by atoms with van der Waals surface area (Å²) in [5.41, 5.74) is 0. The van der Waals surface area contributed by atoms with E-state index >= 15 is 0 Å². The maximum Gasteiger partial charge on any atom is 0.355 e. The van der Waals surface area contributed by atoms with Gasteiger partial charge in [0.15, 0.2) is 0 Å². The standard InChI is InChI=1S/C14H24Cl2O4/c15-11-7-3-1-5-9-13(17)19-20-14(18)10-6-2-4-8-12-16/h1-12H2. The van der Waals surface area contributed by atoms with Crippen molar-refractivity contribution in [2.45, 2.75) is 64.2 Å². The second-order valence-electron chi connectivity index (χ2n) is 4.62. The molecule has 0 aromatic rings. The molecule has 0 aliphatic heterocycles. The van der Waals surface area contributed by atoms with Gasteiger partial charge >= 0.3 is 11.9 Å². The van der Waals surface area contributed by atoms with Crippen LogP contribution in [0.15, 0.2) is 0 Å². The lowest BCUT2D eigenvalue weighted by Crippen LogP contribution is -2.11. The summed E-state index contributed by atoms with van der Waals surface area (Å²) < 4.78 is 0. The van der Waals surface area contributed by atoms with E-state index < -0.39 is 11.9 Å². The van der Waals surface area contributed by atoms with Crippen molar-refractivity contribution in [3.63, 3.8) is 0 Å². The first-order chi connectivity index (χ1) is 9.70. The van der Waals surface area contributed by atoms with Gasteiger partial charge in [0.2, 0.25) is 0 Å². The Kier molecular flexibility index (Phi) is 14.6. The largest absolute Gasteiger partial charge is 0.355 e. The van der Waals surface area contributed by atoms with Gasteiger partial charge in [-0.05, 0) is 25.7 Å². The van der Waals surface area contributed by atoms with E-state index in [2.05, 4.69) is 9.78 Å². The summed E-state index contributed by atoms with van der Waals surface area (Å²) in [5.74, 6) is 0.303. The smallest absolute Gasteiger partial charge is 0.247 e. The van der Waals surface area contributed by atoms with E-state index in [-0.39, 0.29) is 12.8 Å². The highest BCUT2D eigenvalue weighted by molar-refractivity contribution is 6.18. The van der Waals surface area contributed by atoms with Gasteiger partial charge in [0.1, 0.15) is 0 Å². The van der Waals surface area contributed by atoms with E-state index in [0.717, 1.165) is 51.4 Å². The Morgan fingerprint density at radius 2 is 0.950 bits per heavy atom. The molecular formula is C14H24Cl2O4. The van der Waals surface area contributed by atoms with Gasteiger partial charge in [0.25, 0.3) is 0 Å². The van der Waals surface area contributed by atoms with Gasteiger partial charge in [-0.1, -0.05) is 25.7 Å². The maximum atomic E-state index is 11.3. The van der Waals surface area contributed by atoms with Crippen molar-refractivity contribution in [1.82, 2.24) is 0 Å². The molecule has 0 radical (unpaired) electrons. The van der Waals surface area contributed by atoms with Gasteiger partial charge in [-0.15, -0.1) is 23.2 Å². The van der Waals surface area contributed by atoms with Crippen LogP contribution in [-0.2, 0) is 19.4 Å². The molecule has 0 N–H and O–H groups in total. The molecule has 0 aromatic heterocycles. The predicted octanol–water partition coefficient (Wildman–Crippen LogP) is 4.37. The van der Waals surface area contributed by atoms with E-state index in [4.69, 9.17) is 23.2 Å². The summed E-state index contributed by atoms with van der Waals surface area (Å²) >= 11 is 11.1. The highest BCUT2D eigenvalue weighted by Crippen LogP contribution is 2.07. The molecule has 0 atom stereocenters. The molecule has 0 saturated carbocycles. The van der Waals surface area contributed by atoms with Gasteiger partial charge in [-0.2, -0.15) is 0 Å². The first-order valence-electron chi connectivity index (χ1n) is 7.22. The highest BCUT2D eigenvalue weighted by Gasteiger charge is 2.09. The van der Waals surface area contributed by atoms with Gasteiger partial charge in [0, 0.05) is 11.8 Å². The number of carbonyl (C=O) groups is 2. The predicted molar refractivity (Wildman–Crippen MR) is 79.8 cm³/mol. The lowest BCUT2D eigenvalue weighted by molar-refractivity contribution is -0.259. The minimum absolute atomic E-state index is 0.269. The first kappa shape index (κ1) is 19.5. The van der Waals surface area contributed by atoms with Gasteiger partial charge in [0.05, 0.1) is 12.8 Å². The molecule has 0 bridgehead atoms. The molecule has 118 valence electrons. The summed E-state index contributed by atoms with van der Waals surface area (Å²) in [6, 6.07) is 0. The second kappa shape index (κ2) is 14.9. The quantitative estimate of drug-likeness (QED) is 0.231. The maximum absolute atomic E-state index is 11.3. The highest BCUT2D eigenvalue weighted by atomic mass is 35.5. The monoisotopic (exact) mass is 326 g/mol. The Morgan fingerprint density at radius 1 is 0.600 bits per heavy atom. The van der Waals surface area contributed by atoms with E-state index in [9.17, 15) is 9.59 Å². The van der Waals surface area contributed by atoms with Crippen molar-refractivity contribution in [2.75, 3.05) is 11.8 Å². The van der Waals surface area contributed by atoms with E-state index in [1.165, 1.54) is 0 Å². The summed E-state index contributed by atoms with van der Waals surface area (Å²) in [6.45, 7) is 0. The zero-order chi connectivity index (χ0) is 15.1. The Hall–Kier alpha value is -0.480. The molecule has 0 heterocycles.